The second-order valence-electron chi connectivity index (χ2n) is 5.75. The Kier molecular flexibility index (Phi) is 5.60. The number of carbonyl (C=O) groups is 2. The standard InChI is InChI=1S/C18H18N4O4S/c1-10-16(11(2)23)27-18(19-10)20-14(24)8-9-15-21-17(22-26-15)12-6-4-5-7-13(12)25-3/h4-7H,8-9H2,1-3H3,(H,19,20,24). The van der Waals surface area contributed by atoms with E-state index in [1.807, 2.05) is 24.3 Å². The first kappa shape index (κ1) is 18.7. The Bertz CT molecular complexity index is 979. The van der Waals surface area contributed by atoms with Crippen LogP contribution in [0.4, 0.5) is 5.13 Å². The number of amides is 1. The van der Waals surface area contributed by atoms with Crippen molar-refractivity contribution in [3.63, 3.8) is 0 Å². The molecule has 8 nitrogen and oxygen atoms in total. The summed E-state index contributed by atoms with van der Waals surface area (Å²) in [6.07, 6.45) is 0.444. The highest BCUT2D eigenvalue weighted by Gasteiger charge is 2.16. The molecule has 0 atom stereocenters. The average molecular weight is 386 g/mol. The maximum absolute atomic E-state index is 12.1. The largest absolute Gasteiger partial charge is 0.496 e. The van der Waals surface area contributed by atoms with Gasteiger partial charge in [0.2, 0.25) is 17.6 Å². The molecule has 0 saturated carbocycles. The third kappa shape index (κ3) is 4.37. The van der Waals surface area contributed by atoms with Crippen LogP contribution in [0.15, 0.2) is 28.8 Å². The van der Waals surface area contributed by atoms with Crippen LogP contribution in [0.3, 0.4) is 0 Å². The third-order valence-electron chi connectivity index (χ3n) is 3.74. The summed E-state index contributed by atoms with van der Waals surface area (Å²) in [5.41, 5.74) is 1.33. The third-order valence-corrected chi connectivity index (χ3v) is 4.92. The number of hydrogen-bond acceptors (Lipinski definition) is 8. The topological polar surface area (TPSA) is 107 Å². The van der Waals surface area contributed by atoms with Crippen LogP contribution >= 0.6 is 11.3 Å². The molecule has 0 spiro atoms. The van der Waals surface area contributed by atoms with E-state index in [1.165, 1.54) is 18.3 Å². The number of aryl methyl sites for hydroxylation is 2. The highest BCUT2D eigenvalue weighted by atomic mass is 32.1. The van der Waals surface area contributed by atoms with Gasteiger partial charge in [0.25, 0.3) is 0 Å². The van der Waals surface area contributed by atoms with Gasteiger partial charge in [-0.2, -0.15) is 4.98 Å². The highest BCUT2D eigenvalue weighted by molar-refractivity contribution is 7.17. The molecule has 0 saturated heterocycles. The Morgan fingerprint density at radius 2 is 2.04 bits per heavy atom. The van der Waals surface area contributed by atoms with Crippen LogP contribution in [0.25, 0.3) is 11.4 Å². The van der Waals surface area contributed by atoms with Gasteiger partial charge in [-0.1, -0.05) is 28.6 Å². The number of methoxy groups -OCH3 is 1. The Morgan fingerprint density at radius 1 is 1.26 bits per heavy atom. The summed E-state index contributed by atoms with van der Waals surface area (Å²) in [6.45, 7) is 3.21. The van der Waals surface area contributed by atoms with Crippen molar-refractivity contribution in [3.8, 4) is 17.1 Å². The predicted molar refractivity (Wildman–Crippen MR) is 100 cm³/mol. The van der Waals surface area contributed by atoms with Gasteiger partial charge in [0.05, 0.1) is 23.2 Å². The Hall–Kier alpha value is -3.07. The summed E-state index contributed by atoms with van der Waals surface area (Å²) in [5, 5.41) is 7.04. The molecule has 1 amide bonds. The second-order valence-corrected chi connectivity index (χ2v) is 6.75. The van der Waals surface area contributed by atoms with Gasteiger partial charge in [0, 0.05) is 19.8 Å². The molecule has 0 aliphatic rings. The highest BCUT2D eigenvalue weighted by Crippen LogP contribution is 2.27. The molecule has 1 aromatic carbocycles. The Morgan fingerprint density at radius 3 is 2.74 bits per heavy atom. The van der Waals surface area contributed by atoms with E-state index in [0.717, 1.165) is 5.56 Å². The lowest BCUT2D eigenvalue weighted by molar-refractivity contribution is -0.116. The smallest absolute Gasteiger partial charge is 0.227 e. The lowest BCUT2D eigenvalue weighted by atomic mass is 10.2. The fourth-order valence-corrected chi connectivity index (χ4v) is 3.35. The number of carbonyl (C=O) groups excluding carboxylic acids is 2. The number of anilines is 1. The Balaban J connectivity index is 1.61. The Labute approximate surface area is 159 Å². The van der Waals surface area contributed by atoms with Crippen LogP contribution < -0.4 is 10.1 Å². The quantitative estimate of drug-likeness (QED) is 0.621. The van der Waals surface area contributed by atoms with Crippen LogP contribution in [0.1, 0.15) is 34.6 Å². The molecule has 0 aliphatic heterocycles. The van der Waals surface area contributed by atoms with Gasteiger partial charge in [0.1, 0.15) is 5.75 Å². The first-order chi connectivity index (χ1) is 13.0. The molecule has 27 heavy (non-hydrogen) atoms. The van der Waals surface area contributed by atoms with Gasteiger partial charge >= 0.3 is 0 Å². The zero-order valence-electron chi connectivity index (χ0n) is 15.1. The lowest BCUT2D eigenvalue weighted by Gasteiger charge is -2.03. The van der Waals surface area contributed by atoms with Gasteiger partial charge < -0.3 is 14.6 Å². The number of Topliss-reactive ketones (excluding diaryl/α,β-unsaturated/α-hetero) is 1. The molecule has 9 heteroatoms. The summed E-state index contributed by atoms with van der Waals surface area (Å²) in [6, 6.07) is 7.35. The van der Waals surface area contributed by atoms with Crippen LogP contribution in [0.2, 0.25) is 0 Å². The molecule has 2 heterocycles. The number of para-hydroxylation sites is 1. The van der Waals surface area contributed by atoms with E-state index in [1.54, 1.807) is 14.0 Å². The van der Waals surface area contributed by atoms with Crippen LogP contribution in [0, 0.1) is 6.92 Å². The molecular formula is C18H18N4O4S. The molecule has 0 fully saturated rings. The average Bonchev–Trinajstić information content (AvgIpc) is 3.26. The van der Waals surface area contributed by atoms with E-state index in [-0.39, 0.29) is 24.5 Å². The van der Waals surface area contributed by atoms with E-state index in [0.29, 0.717) is 33.2 Å². The zero-order valence-corrected chi connectivity index (χ0v) is 15.9. The van der Waals surface area contributed by atoms with Crippen molar-refractivity contribution in [1.82, 2.24) is 15.1 Å². The van der Waals surface area contributed by atoms with Crippen LogP contribution in [-0.2, 0) is 11.2 Å². The minimum atomic E-state index is -0.240. The van der Waals surface area contributed by atoms with Crippen molar-refractivity contribution in [2.45, 2.75) is 26.7 Å². The molecule has 0 bridgehead atoms. The van der Waals surface area contributed by atoms with E-state index in [4.69, 9.17) is 9.26 Å². The zero-order chi connectivity index (χ0) is 19.4. The van der Waals surface area contributed by atoms with Crippen molar-refractivity contribution >= 4 is 28.2 Å². The number of rotatable bonds is 7. The van der Waals surface area contributed by atoms with Gasteiger partial charge in [-0.25, -0.2) is 4.98 Å². The molecule has 0 radical (unpaired) electrons. The normalized spacial score (nSPS) is 10.6. The fourth-order valence-electron chi connectivity index (χ4n) is 2.47. The van der Waals surface area contributed by atoms with Gasteiger partial charge in [-0.15, -0.1) is 0 Å². The first-order valence-electron chi connectivity index (χ1n) is 8.22. The second kappa shape index (κ2) is 8.09. The first-order valence-corrected chi connectivity index (χ1v) is 9.03. The van der Waals surface area contributed by atoms with Crippen LogP contribution in [-0.4, -0.2) is 33.9 Å². The maximum atomic E-state index is 12.1. The molecular weight excluding hydrogens is 368 g/mol. The SMILES string of the molecule is COc1ccccc1-c1noc(CCC(=O)Nc2nc(C)c(C(C)=O)s2)n1. The van der Waals surface area contributed by atoms with Crippen molar-refractivity contribution in [3.05, 3.63) is 40.7 Å². The van der Waals surface area contributed by atoms with Gasteiger partial charge in [-0.05, 0) is 19.1 Å². The molecule has 1 N–H and O–H groups in total. The maximum Gasteiger partial charge on any atom is 0.227 e. The van der Waals surface area contributed by atoms with E-state index >= 15 is 0 Å². The number of benzene rings is 1. The van der Waals surface area contributed by atoms with Crippen LogP contribution in [0.5, 0.6) is 5.75 Å². The number of nitrogens with zero attached hydrogens (tertiary/aromatic N) is 3. The van der Waals surface area contributed by atoms with Crippen molar-refractivity contribution < 1.29 is 18.8 Å². The van der Waals surface area contributed by atoms with E-state index in [9.17, 15) is 9.59 Å². The number of nitrogens with one attached hydrogen (secondary N) is 1. The molecule has 3 aromatic rings. The number of hydrogen-bond donors (Lipinski definition) is 1. The van der Waals surface area contributed by atoms with Crippen molar-refractivity contribution in [1.29, 1.82) is 0 Å². The molecule has 140 valence electrons. The number of ketones is 1. The summed E-state index contributed by atoms with van der Waals surface area (Å²) in [7, 11) is 1.57. The lowest BCUT2D eigenvalue weighted by Crippen LogP contribution is -2.12. The van der Waals surface area contributed by atoms with E-state index < -0.39 is 0 Å². The summed E-state index contributed by atoms with van der Waals surface area (Å²) in [5.74, 6) is 1.09. The van der Waals surface area contributed by atoms with Gasteiger partial charge in [-0.3, -0.25) is 9.59 Å². The fraction of sp³-hybridized carbons (Fsp3) is 0.278. The molecule has 3 rings (SSSR count). The molecule has 2 aromatic heterocycles. The number of ether oxygens (including phenoxy) is 1. The monoisotopic (exact) mass is 386 g/mol. The summed E-state index contributed by atoms with van der Waals surface area (Å²) >= 11 is 1.17. The van der Waals surface area contributed by atoms with E-state index in [2.05, 4.69) is 20.4 Å². The predicted octanol–water partition coefficient (Wildman–Crippen LogP) is 3.28. The molecule has 0 unspecified atom stereocenters. The van der Waals surface area contributed by atoms with Crippen molar-refractivity contribution in [2.75, 3.05) is 12.4 Å². The van der Waals surface area contributed by atoms with Crippen molar-refractivity contribution in [2.24, 2.45) is 0 Å². The number of aromatic nitrogens is 3. The summed E-state index contributed by atoms with van der Waals surface area (Å²) in [4.78, 5) is 32.6. The number of thiazole rings is 1. The van der Waals surface area contributed by atoms with Gasteiger partial charge in [0.15, 0.2) is 10.9 Å². The summed E-state index contributed by atoms with van der Waals surface area (Å²) < 4.78 is 10.5. The molecule has 0 aliphatic carbocycles. The minimum absolute atomic E-state index is 0.0692. The minimum Gasteiger partial charge on any atom is -0.496 e.